The first-order valence-corrected chi connectivity index (χ1v) is 14.3. The Morgan fingerprint density at radius 1 is 1.04 bits per heavy atom. The van der Waals surface area contributed by atoms with Crippen LogP contribution in [0.15, 0.2) is 62.8 Å². The van der Waals surface area contributed by atoms with Gasteiger partial charge in [-0.3, -0.25) is 0 Å². The Labute approximate surface area is 148 Å². The summed E-state index contributed by atoms with van der Waals surface area (Å²) >= 11 is -0.239. The number of thiazole rings is 1. The van der Waals surface area contributed by atoms with E-state index in [-0.39, 0.29) is 0 Å². The molecule has 0 saturated heterocycles. The number of hydrogen-bond donors (Lipinski definition) is 0. The van der Waals surface area contributed by atoms with Gasteiger partial charge < -0.3 is 0 Å². The third-order valence-corrected chi connectivity index (χ3v) is 16.7. The molecule has 3 aromatic rings. The summed E-state index contributed by atoms with van der Waals surface area (Å²) < 4.78 is 4.15. The number of rotatable bonds is 4. The van der Waals surface area contributed by atoms with E-state index in [4.69, 9.17) is 0 Å². The second kappa shape index (κ2) is 5.64. The number of fused-ring (bicyclic) bond motifs is 1. The van der Waals surface area contributed by atoms with Crippen molar-refractivity contribution in [2.45, 2.75) is 16.5 Å². The minimum atomic E-state index is -1.97. The molecule has 0 radical (unpaired) electrons. The average Bonchev–Trinajstić information content (AvgIpc) is 3.27. The summed E-state index contributed by atoms with van der Waals surface area (Å²) in [5.41, 5.74) is 7.82. The first-order valence-electron chi connectivity index (χ1n) is 8.16. The van der Waals surface area contributed by atoms with Gasteiger partial charge in [-0.1, -0.05) is 0 Å². The number of allylic oxidation sites excluding steroid dienone is 1. The van der Waals surface area contributed by atoms with Crippen LogP contribution in [-0.2, 0) is 6.42 Å². The molecule has 2 aliphatic rings. The summed E-state index contributed by atoms with van der Waals surface area (Å²) in [5, 5.41) is 2.27. The number of aromatic nitrogens is 1. The zero-order valence-electron chi connectivity index (χ0n) is 12.8. The normalized spacial score (nSPS) is 17.7. The molecule has 5 rings (SSSR count). The van der Waals surface area contributed by atoms with Crippen LogP contribution in [0.3, 0.4) is 0 Å². The number of hydrogen-bond acceptors (Lipinski definition) is 2. The summed E-state index contributed by atoms with van der Waals surface area (Å²) in [7, 11) is 0. The zero-order chi connectivity index (χ0) is 15.2. The van der Waals surface area contributed by atoms with E-state index in [9.17, 15) is 0 Å². The molecular weight excluding hydrogens is 401 g/mol. The van der Waals surface area contributed by atoms with Gasteiger partial charge in [-0.2, -0.15) is 0 Å². The molecule has 3 heteroatoms. The molecule has 0 amide bonds. The maximum atomic E-state index is 4.67. The zero-order valence-corrected chi connectivity index (χ0v) is 16.9. The summed E-state index contributed by atoms with van der Waals surface area (Å²) in [5.74, 6) is 0. The van der Waals surface area contributed by atoms with Gasteiger partial charge in [0.25, 0.3) is 0 Å². The van der Waals surface area contributed by atoms with Crippen LogP contribution >= 0.6 is 11.3 Å². The predicted molar refractivity (Wildman–Crippen MR) is 98.5 cm³/mol. The van der Waals surface area contributed by atoms with Crippen molar-refractivity contribution in [1.82, 2.24) is 4.98 Å². The molecule has 23 heavy (non-hydrogen) atoms. The fraction of sp³-hybridized carbons (Fsp3) is 0.150. The van der Waals surface area contributed by atoms with E-state index in [1.807, 2.05) is 5.51 Å². The van der Waals surface area contributed by atoms with Gasteiger partial charge in [-0.15, -0.1) is 0 Å². The van der Waals surface area contributed by atoms with Gasteiger partial charge in [0.2, 0.25) is 0 Å². The van der Waals surface area contributed by atoms with Crippen LogP contribution in [0.4, 0.5) is 0 Å². The van der Waals surface area contributed by atoms with Crippen LogP contribution in [0, 0.1) is 0 Å². The molecule has 2 aliphatic heterocycles. The summed E-state index contributed by atoms with van der Waals surface area (Å²) in [6, 6.07) is 18.1. The van der Waals surface area contributed by atoms with E-state index < -0.39 is 21.4 Å². The molecule has 1 atom stereocenters. The Bertz CT molecular complexity index is 883. The number of nitrogens with zero attached hydrogens (tertiary/aromatic N) is 1. The van der Waals surface area contributed by atoms with Crippen molar-refractivity contribution in [2.24, 2.45) is 0 Å². The average molecular weight is 417 g/mol. The first-order chi connectivity index (χ1) is 11.4. The molecule has 0 fully saturated rings. The molecule has 2 aromatic carbocycles. The van der Waals surface area contributed by atoms with Crippen LogP contribution in [0.2, 0.25) is 0 Å². The Hall–Kier alpha value is -1.32. The van der Waals surface area contributed by atoms with Crippen LogP contribution in [-0.4, -0.2) is 26.4 Å². The monoisotopic (exact) mass is 417 g/mol. The molecule has 0 aliphatic carbocycles. The third-order valence-electron chi connectivity index (χ3n) is 5.19. The molecular formula is C20H16InNS. The van der Waals surface area contributed by atoms with Crippen LogP contribution < -0.4 is 3.32 Å². The van der Waals surface area contributed by atoms with Gasteiger partial charge in [0.05, 0.1) is 0 Å². The van der Waals surface area contributed by atoms with Crippen molar-refractivity contribution >= 4 is 42.2 Å². The van der Waals surface area contributed by atoms with Crippen LogP contribution in [0.25, 0.3) is 6.08 Å². The van der Waals surface area contributed by atoms with Gasteiger partial charge >= 0.3 is 149 Å². The van der Waals surface area contributed by atoms with Crippen LogP contribution in [0.1, 0.15) is 32.5 Å². The predicted octanol–water partition coefficient (Wildman–Crippen LogP) is 4.10. The molecule has 1 nitrogen and oxygen atoms in total. The summed E-state index contributed by atoms with van der Waals surface area (Å²) in [6.45, 7) is 0. The Morgan fingerprint density at radius 3 is 2.78 bits per heavy atom. The van der Waals surface area contributed by atoms with Gasteiger partial charge in [0, 0.05) is 0 Å². The van der Waals surface area contributed by atoms with E-state index >= 15 is 0 Å². The summed E-state index contributed by atoms with van der Waals surface area (Å²) in [4.78, 5) is 4.67. The molecule has 0 N–H and O–H groups in total. The third kappa shape index (κ3) is 2.33. The fourth-order valence-electron chi connectivity index (χ4n) is 4.14. The number of benzene rings is 2. The van der Waals surface area contributed by atoms with Gasteiger partial charge in [-0.25, -0.2) is 0 Å². The van der Waals surface area contributed by atoms with E-state index in [1.165, 1.54) is 35.2 Å². The van der Waals surface area contributed by atoms with Crippen molar-refractivity contribution < 1.29 is 0 Å². The van der Waals surface area contributed by atoms with E-state index in [0.29, 0.717) is 3.67 Å². The molecule has 1 aromatic heterocycles. The Morgan fingerprint density at radius 2 is 1.96 bits per heavy atom. The molecule has 3 heterocycles. The minimum absolute atomic E-state index is 0.635. The molecule has 110 valence electrons. The SMILES string of the molecule is C1=[C](CCc2ccccc2)[In]2[c]3cc(ccc31)[CH]2c1cscn1. The summed E-state index contributed by atoms with van der Waals surface area (Å²) in [6.07, 6.45) is 4.91. The van der Waals surface area contributed by atoms with Gasteiger partial charge in [-0.05, 0) is 0 Å². The molecule has 0 spiro atoms. The standard InChI is InChI=1S/C20H16NS.In/c1-2-6-17(7-3-1)8-4-5-9-18-10-12-19(13-11-18)14-20-15-22-16-21-20;/h1-3,6-7,9-10,12-16H,4,8H2;. The van der Waals surface area contributed by atoms with Crippen LogP contribution in [0.5, 0.6) is 0 Å². The van der Waals surface area contributed by atoms with Crippen molar-refractivity contribution in [3.63, 3.8) is 0 Å². The van der Waals surface area contributed by atoms with Gasteiger partial charge in [0.1, 0.15) is 0 Å². The quantitative estimate of drug-likeness (QED) is 0.623. The van der Waals surface area contributed by atoms with E-state index in [1.54, 1.807) is 18.0 Å². The first kappa shape index (κ1) is 14.1. The Kier molecular flexibility index (Phi) is 3.45. The van der Waals surface area contributed by atoms with Crippen molar-refractivity contribution in [3.05, 3.63) is 85.1 Å². The second-order valence-corrected chi connectivity index (χ2v) is 15.7. The maximum absolute atomic E-state index is 4.67. The van der Waals surface area contributed by atoms with Crippen molar-refractivity contribution in [1.29, 1.82) is 0 Å². The van der Waals surface area contributed by atoms with Gasteiger partial charge in [0.15, 0.2) is 0 Å². The topological polar surface area (TPSA) is 12.9 Å². The van der Waals surface area contributed by atoms with E-state index in [0.717, 1.165) is 0 Å². The number of aryl methyl sites for hydroxylation is 1. The second-order valence-electron chi connectivity index (χ2n) is 6.46. The molecule has 1 unspecified atom stereocenters. The molecule has 0 saturated carbocycles. The molecule has 2 bridgehead atoms. The van der Waals surface area contributed by atoms with Crippen molar-refractivity contribution in [3.8, 4) is 0 Å². The van der Waals surface area contributed by atoms with Crippen molar-refractivity contribution in [2.75, 3.05) is 0 Å². The fourth-order valence-corrected chi connectivity index (χ4v) is 16.6. The Balaban J connectivity index is 1.47. The van der Waals surface area contributed by atoms with E-state index in [2.05, 4.69) is 65.0 Å².